The number of carboxylic acids is 1. The molecule has 2 rings (SSSR count). The topological polar surface area (TPSA) is 54.6 Å². The van der Waals surface area contributed by atoms with E-state index in [2.05, 4.69) is 4.98 Å². The van der Waals surface area contributed by atoms with Crippen molar-refractivity contribution in [2.75, 3.05) is 0 Å². The Morgan fingerprint density at radius 1 is 1.73 bits per heavy atom. The van der Waals surface area contributed by atoms with Crippen LogP contribution in [0.2, 0.25) is 5.15 Å². The van der Waals surface area contributed by atoms with Crippen LogP contribution in [0.1, 0.15) is 10.6 Å². The van der Waals surface area contributed by atoms with E-state index in [1.807, 2.05) is 13.1 Å². The van der Waals surface area contributed by atoms with E-state index in [9.17, 15) is 4.79 Å². The Balaban J connectivity index is 2.57. The summed E-state index contributed by atoms with van der Waals surface area (Å²) >= 11 is 7.38. The van der Waals surface area contributed by atoms with Gasteiger partial charge in [0, 0.05) is 17.2 Å². The third kappa shape index (κ3) is 1.88. The van der Waals surface area contributed by atoms with Gasteiger partial charge in [-0.25, -0.2) is 9.78 Å². The van der Waals surface area contributed by atoms with Gasteiger partial charge in [0.25, 0.3) is 0 Å². The minimum Gasteiger partial charge on any atom is -0.478 e. The van der Waals surface area contributed by atoms with Crippen LogP contribution in [-0.4, -0.2) is 20.5 Å². The minimum atomic E-state index is -1.01. The fraction of sp³-hybridized carbons (Fsp3) is 0.111. The van der Waals surface area contributed by atoms with Crippen molar-refractivity contribution in [3.05, 3.63) is 28.0 Å². The maximum absolute atomic E-state index is 10.4. The predicted octanol–water partition coefficient (Wildman–Crippen LogP) is 2.46. The van der Waals surface area contributed by atoms with Gasteiger partial charge in [-0.2, -0.15) is 0 Å². The van der Waals surface area contributed by atoms with Gasteiger partial charge in [0.1, 0.15) is 0 Å². The number of hydrogen-bond acceptors (Lipinski definition) is 3. The second-order valence-electron chi connectivity index (χ2n) is 2.95. The molecule has 2 aromatic heterocycles. The number of aromatic nitrogens is 2. The van der Waals surface area contributed by atoms with Gasteiger partial charge in [-0.05, 0) is 13.0 Å². The molecule has 0 amide bonds. The second-order valence-corrected chi connectivity index (χ2v) is 4.53. The lowest BCUT2D eigenvalue weighted by Gasteiger charge is -1.89. The summed E-state index contributed by atoms with van der Waals surface area (Å²) < 4.78 is 1.78. The summed E-state index contributed by atoms with van der Waals surface area (Å²) in [5.41, 5.74) is 0.596. The molecule has 15 heavy (non-hydrogen) atoms. The molecule has 0 aromatic carbocycles. The summed E-state index contributed by atoms with van der Waals surface area (Å²) in [7, 11) is 0. The summed E-state index contributed by atoms with van der Waals surface area (Å²) in [5, 5.41) is 8.84. The number of aliphatic carboxylic acids is 1. The molecule has 4 nitrogen and oxygen atoms in total. The van der Waals surface area contributed by atoms with Crippen molar-refractivity contribution in [1.82, 2.24) is 9.38 Å². The molecule has 0 saturated carbocycles. The Hall–Kier alpha value is -1.33. The molecule has 0 aliphatic rings. The van der Waals surface area contributed by atoms with Crippen LogP contribution in [-0.2, 0) is 4.79 Å². The van der Waals surface area contributed by atoms with Crippen molar-refractivity contribution in [2.24, 2.45) is 0 Å². The highest BCUT2D eigenvalue weighted by atomic mass is 35.5. The third-order valence-electron chi connectivity index (χ3n) is 1.82. The highest BCUT2D eigenvalue weighted by Crippen LogP contribution is 2.24. The standard InChI is InChI=1S/C9H7ClN2O2S/c1-5-4-12-6(2-3-7(13)14)8(10)11-9(12)15-5/h2-4H,1H3,(H,13,14)/b3-2+. The van der Waals surface area contributed by atoms with Crippen molar-refractivity contribution in [3.8, 4) is 0 Å². The highest BCUT2D eigenvalue weighted by molar-refractivity contribution is 7.17. The molecule has 0 saturated heterocycles. The molecular weight excluding hydrogens is 236 g/mol. The van der Waals surface area contributed by atoms with Gasteiger partial charge in [0.05, 0.1) is 5.69 Å². The summed E-state index contributed by atoms with van der Waals surface area (Å²) in [5.74, 6) is -1.01. The fourth-order valence-electron chi connectivity index (χ4n) is 1.25. The molecule has 0 unspecified atom stereocenters. The van der Waals surface area contributed by atoms with Crippen LogP contribution in [0.15, 0.2) is 12.3 Å². The Morgan fingerprint density at radius 2 is 2.47 bits per heavy atom. The van der Waals surface area contributed by atoms with Crippen LogP contribution in [0.5, 0.6) is 0 Å². The van der Waals surface area contributed by atoms with E-state index >= 15 is 0 Å². The number of aryl methyl sites for hydroxylation is 1. The van der Waals surface area contributed by atoms with Gasteiger partial charge in [-0.15, -0.1) is 11.3 Å². The van der Waals surface area contributed by atoms with E-state index in [4.69, 9.17) is 16.7 Å². The fourth-order valence-corrected chi connectivity index (χ4v) is 2.36. The Labute approximate surface area is 94.4 Å². The number of thiazole rings is 1. The molecule has 78 valence electrons. The first-order valence-corrected chi connectivity index (χ1v) is 5.32. The molecular formula is C9H7ClN2O2S. The maximum atomic E-state index is 10.4. The quantitative estimate of drug-likeness (QED) is 0.823. The van der Waals surface area contributed by atoms with Gasteiger partial charge in [0.2, 0.25) is 0 Å². The van der Waals surface area contributed by atoms with Gasteiger partial charge in [-0.1, -0.05) is 11.6 Å². The number of fused-ring (bicyclic) bond motifs is 1. The van der Waals surface area contributed by atoms with Crippen molar-refractivity contribution in [2.45, 2.75) is 6.92 Å². The lowest BCUT2D eigenvalue weighted by Crippen LogP contribution is -1.87. The van der Waals surface area contributed by atoms with Crippen molar-refractivity contribution in [1.29, 1.82) is 0 Å². The van der Waals surface area contributed by atoms with E-state index < -0.39 is 5.97 Å². The molecule has 0 bridgehead atoms. The molecule has 6 heteroatoms. The van der Waals surface area contributed by atoms with Gasteiger partial charge < -0.3 is 5.11 Å². The third-order valence-corrected chi connectivity index (χ3v) is 2.99. The first-order valence-electron chi connectivity index (χ1n) is 4.13. The zero-order valence-corrected chi connectivity index (χ0v) is 9.34. The molecule has 0 aliphatic heterocycles. The summed E-state index contributed by atoms with van der Waals surface area (Å²) in [6, 6.07) is 0. The normalized spacial score (nSPS) is 11.6. The lowest BCUT2D eigenvalue weighted by atomic mass is 10.4. The average molecular weight is 243 g/mol. The number of nitrogens with zero attached hydrogens (tertiary/aromatic N) is 2. The lowest BCUT2D eigenvalue weighted by molar-refractivity contribution is -0.131. The van der Waals surface area contributed by atoms with E-state index in [0.717, 1.165) is 15.9 Å². The minimum absolute atomic E-state index is 0.318. The van der Waals surface area contributed by atoms with Crippen LogP contribution in [0, 0.1) is 6.92 Å². The number of rotatable bonds is 2. The highest BCUT2D eigenvalue weighted by Gasteiger charge is 2.09. The summed E-state index contributed by atoms with van der Waals surface area (Å²) in [6.45, 7) is 1.96. The molecule has 0 atom stereocenters. The van der Waals surface area contributed by atoms with E-state index in [1.54, 1.807) is 4.40 Å². The maximum Gasteiger partial charge on any atom is 0.328 e. The molecule has 0 radical (unpaired) electrons. The van der Waals surface area contributed by atoms with Crippen molar-refractivity contribution < 1.29 is 9.90 Å². The second kappa shape index (κ2) is 3.67. The van der Waals surface area contributed by atoms with Crippen LogP contribution in [0.4, 0.5) is 0 Å². The number of carbonyl (C=O) groups is 1. The van der Waals surface area contributed by atoms with Crippen molar-refractivity contribution >= 4 is 39.9 Å². The van der Waals surface area contributed by atoms with E-state index in [0.29, 0.717) is 10.8 Å². The Kier molecular flexibility index (Phi) is 2.50. The van der Waals surface area contributed by atoms with Gasteiger partial charge in [-0.3, -0.25) is 4.40 Å². The van der Waals surface area contributed by atoms with Gasteiger partial charge >= 0.3 is 5.97 Å². The van der Waals surface area contributed by atoms with Crippen LogP contribution >= 0.6 is 22.9 Å². The molecule has 2 heterocycles. The van der Waals surface area contributed by atoms with Crippen LogP contribution < -0.4 is 0 Å². The summed E-state index contributed by atoms with van der Waals surface area (Å²) in [6.07, 6.45) is 4.36. The zero-order valence-electron chi connectivity index (χ0n) is 7.77. The Morgan fingerprint density at radius 3 is 3.13 bits per heavy atom. The van der Waals surface area contributed by atoms with Crippen molar-refractivity contribution in [3.63, 3.8) is 0 Å². The first kappa shape index (κ1) is 10.2. The number of carboxylic acid groups (broad SMARTS) is 1. The molecule has 0 fully saturated rings. The average Bonchev–Trinajstić information content (AvgIpc) is 2.57. The van der Waals surface area contributed by atoms with E-state index in [-0.39, 0.29) is 0 Å². The zero-order chi connectivity index (χ0) is 11.0. The Bertz CT molecular complexity index is 556. The van der Waals surface area contributed by atoms with Crippen LogP contribution in [0.25, 0.3) is 11.0 Å². The molecule has 0 spiro atoms. The predicted molar refractivity (Wildman–Crippen MR) is 59.5 cm³/mol. The molecule has 1 N–H and O–H groups in total. The SMILES string of the molecule is Cc1cn2c(/C=C/C(=O)O)c(Cl)nc2s1. The monoisotopic (exact) mass is 242 g/mol. The van der Waals surface area contributed by atoms with Crippen LogP contribution in [0.3, 0.4) is 0 Å². The molecule has 0 aliphatic carbocycles. The smallest absolute Gasteiger partial charge is 0.328 e. The number of hydrogen-bond donors (Lipinski definition) is 1. The number of halogens is 1. The van der Waals surface area contributed by atoms with Gasteiger partial charge in [0.15, 0.2) is 10.1 Å². The first-order chi connectivity index (χ1) is 7.08. The number of imidazole rings is 1. The van der Waals surface area contributed by atoms with E-state index in [1.165, 1.54) is 17.4 Å². The molecule has 2 aromatic rings. The largest absolute Gasteiger partial charge is 0.478 e. The summed E-state index contributed by atoms with van der Waals surface area (Å²) in [4.78, 5) is 16.4.